The van der Waals surface area contributed by atoms with E-state index in [2.05, 4.69) is 25.2 Å². The van der Waals surface area contributed by atoms with E-state index < -0.39 is 0 Å². The summed E-state index contributed by atoms with van der Waals surface area (Å²) in [7, 11) is 0. The van der Waals surface area contributed by atoms with E-state index in [-0.39, 0.29) is 6.61 Å². The van der Waals surface area contributed by atoms with Crippen LogP contribution in [-0.2, 0) is 0 Å². The Kier molecular flexibility index (Phi) is 18.9. The van der Waals surface area contributed by atoms with Crippen molar-refractivity contribution in [1.82, 2.24) is 0 Å². The second kappa shape index (κ2) is 19.4. The van der Waals surface area contributed by atoms with Gasteiger partial charge in [0.15, 0.2) is 0 Å². The van der Waals surface area contributed by atoms with Crippen molar-refractivity contribution in [3.8, 4) is 0 Å². The maximum absolute atomic E-state index is 8.60. The Balaban J connectivity index is 3.05. The highest BCUT2D eigenvalue weighted by atomic mass is 16.2. The molecule has 0 unspecified atom stereocenters. The Morgan fingerprint density at radius 3 is 1.33 bits per heavy atom. The number of rotatable bonds is 16. The molecule has 0 amide bonds. The van der Waals surface area contributed by atoms with Crippen molar-refractivity contribution in [3.63, 3.8) is 0 Å². The van der Waals surface area contributed by atoms with Gasteiger partial charge in [-0.1, -0.05) is 82.6 Å². The van der Waals surface area contributed by atoms with Gasteiger partial charge in [-0.15, -0.1) is 0 Å². The Morgan fingerprint density at radius 1 is 0.524 bits per heavy atom. The van der Waals surface area contributed by atoms with Crippen LogP contribution in [0, 0.1) is 0 Å². The molecule has 0 aromatic heterocycles. The molecule has 0 heterocycles. The summed E-state index contributed by atoms with van der Waals surface area (Å²) in [5.74, 6) is 0. The van der Waals surface area contributed by atoms with E-state index in [1.807, 2.05) is 6.08 Å². The molecule has 124 valence electrons. The average molecular weight is 295 g/mol. The fourth-order valence-corrected chi connectivity index (χ4v) is 2.53. The molecule has 1 nitrogen and oxygen atoms in total. The number of unbranched alkanes of at least 4 members (excludes halogenated alkanes) is 12. The number of aliphatic hydroxyl groups excluding tert-OH is 1. The lowest BCUT2D eigenvalue weighted by Gasteiger charge is -2.00. The van der Waals surface area contributed by atoms with Crippen molar-refractivity contribution in [2.75, 3.05) is 6.61 Å². The topological polar surface area (TPSA) is 20.2 Å². The molecule has 0 fully saturated rings. The molecule has 0 aromatic carbocycles. The van der Waals surface area contributed by atoms with Gasteiger partial charge in [0.2, 0.25) is 0 Å². The lowest BCUT2D eigenvalue weighted by atomic mass is 10.1. The number of hydrogen-bond donors (Lipinski definition) is 1. The van der Waals surface area contributed by atoms with Crippen molar-refractivity contribution >= 4 is 0 Å². The number of aliphatic hydroxyl groups is 1. The van der Waals surface area contributed by atoms with Gasteiger partial charge in [-0.2, -0.15) is 0 Å². The first-order chi connectivity index (χ1) is 10.4. The first kappa shape index (κ1) is 20.4. The summed E-state index contributed by atoms with van der Waals surface area (Å²) >= 11 is 0. The van der Waals surface area contributed by atoms with Crippen LogP contribution in [0.1, 0.15) is 96.8 Å². The molecular weight excluding hydrogens is 256 g/mol. The van der Waals surface area contributed by atoms with Gasteiger partial charge in [0.05, 0.1) is 6.61 Å². The third-order valence-electron chi connectivity index (χ3n) is 3.90. The minimum Gasteiger partial charge on any atom is -0.392 e. The molecule has 0 radical (unpaired) electrons. The summed E-state index contributed by atoms with van der Waals surface area (Å²) in [4.78, 5) is 0. The predicted molar refractivity (Wildman–Crippen MR) is 95.7 cm³/mol. The third-order valence-corrected chi connectivity index (χ3v) is 3.90. The summed E-state index contributed by atoms with van der Waals surface area (Å²) in [6.07, 6.45) is 27.4. The van der Waals surface area contributed by atoms with E-state index in [0.29, 0.717) is 0 Å². The zero-order valence-electron chi connectivity index (χ0n) is 14.4. The monoisotopic (exact) mass is 294 g/mol. The van der Waals surface area contributed by atoms with Crippen LogP contribution in [0.4, 0.5) is 0 Å². The molecule has 0 rings (SSSR count). The van der Waals surface area contributed by atoms with Gasteiger partial charge in [0, 0.05) is 0 Å². The first-order valence-electron chi connectivity index (χ1n) is 9.32. The predicted octanol–water partition coefficient (Wildman–Crippen LogP) is 6.57. The van der Waals surface area contributed by atoms with E-state index in [0.717, 1.165) is 6.42 Å². The van der Waals surface area contributed by atoms with Gasteiger partial charge < -0.3 is 5.11 Å². The molecule has 0 bridgehead atoms. The van der Waals surface area contributed by atoms with Crippen LogP contribution in [0.2, 0.25) is 0 Å². The van der Waals surface area contributed by atoms with Gasteiger partial charge in [0.1, 0.15) is 0 Å². The SMILES string of the molecule is CCCCCC/C=C/CCCCCCCCC/C=C/CO. The van der Waals surface area contributed by atoms with E-state index in [9.17, 15) is 0 Å². The number of allylic oxidation sites excluding steroid dienone is 3. The van der Waals surface area contributed by atoms with E-state index >= 15 is 0 Å². The largest absolute Gasteiger partial charge is 0.392 e. The van der Waals surface area contributed by atoms with E-state index in [1.165, 1.54) is 83.5 Å². The Morgan fingerprint density at radius 2 is 0.905 bits per heavy atom. The van der Waals surface area contributed by atoms with Crippen molar-refractivity contribution < 1.29 is 5.11 Å². The summed E-state index contributed by atoms with van der Waals surface area (Å²) in [5, 5.41) is 8.60. The minimum atomic E-state index is 0.188. The first-order valence-corrected chi connectivity index (χ1v) is 9.32. The Hall–Kier alpha value is -0.560. The minimum absolute atomic E-state index is 0.188. The summed E-state index contributed by atoms with van der Waals surface area (Å²) < 4.78 is 0. The summed E-state index contributed by atoms with van der Waals surface area (Å²) in [6.45, 7) is 2.46. The Labute approximate surface area is 133 Å². The zero-order chi connectivity index (χ0) is 15.4. The molecule has 0 spiro atoms. The lowest BCUT2D eigenvalue weighted by molar-refractivity contribution is 0.342. The zero-order valence-corrected chi connectivity index (χ0v) is 14.4. The van der Waals surface area contributed by atoms with Crippen molar-refractivity contribution in [2.45, 2.75) is 96.8 Å². The van der Waals surface area contributed by atoms with Crippen LogP contribution in [0.25, 0.3) is 0 Å². The quantitative estimate of drug-likeness (QED) is 0.252. The maximum atomic E-state index is 8.60. The van der Waals surface area contributed by atoms with Crippen molar-refractivity contribution in [3.05, 3.63) is 24.3 Å². The highest BCUT2D eigenvalue weighted by Gasteiger charge is 1.91. The van der Waals surface area contributed by atoms with Crippen LogP contribution in [-0.4, -0.2) is 11.7 Å². The molecule has 0 aliphatic carbocycles. The molecule has 21 heavy (non-hydrogen) atoms. The second-order valence-corrected chi connectivity index (χ2v) is 6.03. The molecule has 0 aliphatic heterocycles. The van der Waals surface area contributed by atoms with Gasteiger partial charge in [-0.25, -0.2) is 0 Å². The number of hydrogen-bond acceptors (Lipinski definition) is 1. The molecule has 0 saturated heterocycles. The van der Waals surface area contributed by atoms with Crippen LogP contribution in [0.5, 0.6) is 0 Å². The third kappa shape index (κ3) is 19.4. The van der Waals surface area contributed by atoms with Crippen molar-refractivity contribution in [1.29, 1.82) is 0 Å². The van der Waals surface area contributed by atoms with Crippen LogP contribution in [0.15, 0.2) is 24.3 Å². The van der Waals surface area contributed by atoms with Crippen LogP contribution >= 0.6 is 0 Å². The van der Waals surface area contributed by atoms with Crippen molar-refractivity contribution in [2.24, 2.45) is 0 Å². The van der Waals surface area contributed by atoms with E-state index in [1.54, 1.807) is 0 Å². The summed E-state index contributed by atoms with van der Waals surface area (Å²) in [5.41, 5.74) is 0. The highest BCUT2D eigenvalue weighted by Crippen LogP contribution is 2.10. The Bertz CT molecular complexity index is 230. The fourth-order valence-electron chi connectivity index (χ4n) is 2.53. The van der Waals surface area contributed by atoms with E-state index in [4.69, 9.17) is 5.11 Å². The van der Waals surface area contributed by atoms with Gasteiger partial charge in [-0.05, 0) is 38.5 Å². The normalized spacial score (nSPS) is 11.9. The molecule has 1 heteroatoms. The highest BCUT2D eigenvalue weighted by molar-refractivity contribution is 4.81. The van der Waals surface area contributed by atoms with Gasteiger partial charge in [0.25, 0.3) is 0 Å². The molecule has 0 aliphatic rings. The summed E-state index contributed by atoms with van der Waals surface area (Å²) in [6, 6.07) is 0. The maximum Gasteiger partial charge on any atom is 0.0612 e. The lowest BCUT2D eigenvalue weighted by Crippen LogP contribution is -1.81. The molecule has 0 aromatic rings. The van der Waals surface area contributed by atoms with Gasteiger partial charge in [-0.3, -0.25) is 0 Å². The smallest absolute Gasteiger partial charge is 0.0612 e. The fraction of sp³-hybridized carbons (Fsp3) is 0.800. The molecule has 1 N–H and O–H groups in total. The second-order valence-electron chi connectivity index (χ2n) is 6.03. The standard InChI is InChI=1S/C20H38O/c1-2-3-4-5-6-7-8-9-10-11-12-13-14-15-16-17-18-19-20-21/h7-8,18-19,21H,2-6,9-17,20H2,1H3/b8-7+,19-18+. The van der Waals surface area contributed by atoms with Gasteiger partial charge >= 0.3 is 0 Å². The average Bonchev–Trinajstić information content (AvgIpc) is 2.50. The molecule has 0 atom stereocenters. The molecule has 0 saturated carbocycles. The molecular formula is C20H38O. The van der Waals surface area contributed by atoms with Crippen LogP contribution < -0.4 is 0 Å². The van der Waals surface area contributed by atoms with Crippen LogP contribution in [0.3, 0.4) is 0 Å².